The molecule has 0 fully saturated rings. The summed E-state index contributed by atoms with van der Waals surface area (Å²) in [6.07, 6.45) is 44.3. The van der Waals surface area contributed by atoms with E-state index in [9.17, 15) is 22.9 Å². The Balaban J connectivity index is 3.86. The molecule has 2 unspecified atom stereocenters. The van der Waals surface area contributed by atoms with E-state index in [1.165, 1.54) is 128 Å². The quantitative estimate of drug-likeness (QED) is 0.0351. The molecule has 0 saturated carbocycles. The number of allylic oxidation sites excluding steroid dienone is 5. The zero-order chi connectivity index (χ0) is 34.7. The Bertz CT molecular complexity index is 883. The molecular formula is C40H75NO5S. The highest BCUT2D eigenvalue weighted by molar-refractivity contribution is 7.85. The molecule has 0 aliphatic rings. The van der Waals surface area contributed by atoms with Crippen LogP contribution in [-0.2, 0) is 14.9 Å². The van der Waals surface area contributed by atoms with Crippen LogP contribution < -0.4 is 5.32 Å². The van der Waals surface area contributed by atoms with Crippen molar-refractivity contribution in [3.05, 3.63) is 36.5 Å². The Hall–Kier alpha value is -1.44. The standard InChI is InChI=1S/C40H75NO5S/c1-3-5-7-9-11-13-15-16-17-18-19-20-21-22-23-24-26-28-30-32-34-36-40(43)41-38(37-47(44,45)46)39(42)35-33-31-29-27-25-14-12-10-8-6-4-2/h8,10,25,27,33,35,38-39,42H,3-7,9,11-24,26,28-32,34,36-37H2,1-2H3,(H,41,43)(H,44,45,46)/b10-8+,27-25+,35-33+. The van der Waals surface area contributed by atoms with Crippen molar-refractivity contribution in [2.75, 3.05) is 5.75 Å². The first-order valence-corrected chi connectivity index (χ1v) is 21.3. The van der Waals surface area contributed by atoms with Crippen molar-refractivity contribution in [1.82, 2.24) is 5.32 Å². The van der Waals surface area contributed by atoms with Crippen molar-refractivity contribution in [3.63, 3.8) is 0 Å². The van der Waals surface area contributed by atoms with Crippen molar-refractivity contribution in [1.29, 1.82) is 0 Å². The average molecular weight is 682 g/mol. The van der Waals surface area contributed by atoms with Gasteiger partial charge in [-0.15, -0.1) is 0 Å². The van der Waals surface area contributed by atoms with E-state index in [-0.39, 0.29) is 12.3 Å². The smallest absolute Gasteiger partial charge is 0.267 e. The van der Waals surface area contributed by atoms with Gasteiger partial charge in [-0.25, -0.2) is 0 Å². The number of hydrogen-bond acceptors (Lipinski definition) is 4. The largest absolute Gasteiger partial charge is 0.387 e. The molecule has 0 radical (unpaired) electrons. The molecule has 0 aromatic heterocycles. The van der Waals surface area contributed by atoms with Crippen LogP contribution in [0.4, 0.5) is 0 Å². The lowest BCUT2D eigenvalue weighted by atomic mass is 10.0. The maximum absolute atomic E-state index is 12.5. The number of unbranched alkanes of at least 4 members (excludes halogenated alkanes) is 23. The topological polar surface area (TPSA) is 104 Å². The van der Waals surface area contributed by atoms with Crippen LogP contribution in [0.15, 0.2) is 36.5 Å². The van der Waals surface area contributed by atoms with Crippen LogP contribution in [-0.4, -0.2) is 41.9 Å². The molecule has 0 aromatic rings. The molecule has 0 aliphatic carbocycles. The summed E-state index contributed by atoms with van der Waals surface area (Å²) in [6.45, 7) is 4.44. The van der Waals surface area contributed by atoms with Gasteiger partial charge in [0.05, 0.1) is 17.9 Å². The van der Waals surface area contributed by atoms with E-state index in [0.717, 1.165) is 44.9 Å². The molecule has 6 nitrogen and oxygen atoms in total. The minimum atomic E-state index is -4.35. The first-order valence-electron chi connectivity index (χ1n) is 19.7. The van der Waals surface area contributed by atoms with Gasteiger partial charge >= 0.3 is 0 Å². The van der Waals surface area contributed by atoms with E-state index in [1.807, 2.05) is 0 Å². The fraction of sp³-hybridized carbons (Fsp3) is 0.825. The second-order valence-corrected chi connectivity index (χ2v) is 15.0. The first kappa shape index (κ1) is 45.6. The molecule has 47 heavy (non-hydrogen) atoms. The zero-order valence-corrected chi connectivity index (χ0v) is 31.5. The highest BCUT2D eigenvalue weighted by Gasteiger charge is 2.24. The van der Waals surface area contributed by atoms with Gasteiger partial charge in [0.25, 0.3) is 10.1 Å². The average Bonchev–Trinajstić information content (AvgIpc) is 3.03. The van der Waals surface area contributed by atoms with Gasteiger partial charge in [0, 0.05) is 6.42 Å². The molecule has 0 heterocycles. The van der Waals surface area contributed by atoms with Crippen LogP contribution in [0.25, 0.3) is 0 Å². The Morgan fingerprint density at radius 1 is 0.553 bits per heavy atom. The third-order valence-corrected chi connectivity index (χ3v) is 9.56. The van der Waals surface area contributed by atoms with E-state index in [0.29, 0.717) is 6.42 Å². The second-order valence-electron chi connectivity index (χ2n) is 13.5. The lowest BCUT2D eigenvalue weighted by Crippen LogP contribution is -2.46. The number of aliphatic hydroxyl groups excluding tert-OH is 1. The van der Waals surface area contributed by atoms with Crippen molar-refractivity contribution in [2.45, 2.75) is 206 Å². The molecule has 276 valence electrons. The fourth-order valence-corrected chi connectivity index (χ4v) is 6.58. The van der Waals surface area contributed by atoms with E-state index < -0.39 is 28.0 Å². The molecule has 0 spiro atoms. The minimum absolute atomic E-state index is 0.288. The lowest BCUT2D eigenvalue weighted by Gasteiger charge is -2.21. The minimum Gasteiger partial charge on any atom is -0.387 e. The monoisotopic (exact) mass is 682 g/mol. The second kappa shape index (κ2) is 34.4. The molecule has 2 atom stereocenters. The summed E-state index contributed by atoms with van der Waals surface area (Å²) < 4.78 is 32.3. The molecule has 0 bridgehead atoms. The van der Waals surface area contributed by atoms with Gasteiger partial charge < -0.3 is 10.4 Å². The van der Waals surface area contributed by atoms with E-state index in [4.69, 9.17) is 0 Å². The lowest BCUT2D eigenvalue weighted by molar-refractivity contribution is -0.122. The van der Waals surface area contributed by atoms with Crippen molar-refractivity contribution < 1.29 is 22.9 Å². The Morgan fingerprint density at radius 2 is 0.915 bits per heavy atom. The van der Waals surface area contributed by atoms with Crippen molar-refractivity contribution >= 4 is 16.0 Å². The van der Waals surface area contributed by atoms with Crippen LogP contribution in [0.3, 0.4) is 0 Å². The number of nitrogens with one attached hydrogen (secondary N) is 1. The summed E-state index contributed by atoms with van der Waals surface area (Å²) in [5, 5.41) is 13.1. The van der Waals surface area contributed by atoms with Gasteiger partial charge in [-0.1, -0.05) is 185 Å². The van der Waals surface area contributed by atoms with Crippen LogP contribution in [0, 0.1) is 0 Å². The van der Waals surface area contributed by atoms with Crippen LogP contribution in [0.2, 0.25) is 0 Å². The summed E-state index contributed by atoms with van der Waals surface area (Å²) in [5.41, 5.74) is 0. The molecule has 0 aromatic carbocycles. The summed E-state index contributed by atoms with van der Waals surface area (Å²) in [5.74, 6) is -1.01. The molecule has 3 N–H and O–H groups in total. The van der Waals surface area contributed by atoms with Gasteiger partial charge in [0.1, 0.15) is 0 Å². The van der Waals surface area contributed by atoms with Gasteiger partial charge in [-0.05, 0) is 38.5 Å². The van der Waals surface area contributed by atoms with Crippen LogP contribution in [0.5, 0.6) is 0 Å². The molecule has 7 heteroatoms. The SMILES string of the molecule is CCC/C=C/CC/C=C/CC/C=C/C(O)C(CS(=O)(=O)O)NC(=O)CCCCCCCCCCCCCCCCCCCCCCC. The van der Waals surface area contributed by atoms with Crippen LogP contribution in [0.1, 0.15) is 194 Å². The zero-order valence-electron chi connectivity index (χ0n) is 30.7. The highest BCUT2D eigenvalue weighted by atomic mass is 32.2. The number of carbonyl (C=O) groups is 1. The third kappa shape index (κ3) is 35.7. The Morgan fingerprint density at radius 3 is 1.30 bits per heavy atom. The van der Waals surface area contributed by atoms with Crippen LogP contribution >= 0.6 is 0 Å². The number of aliphatic hydroxyl groups is 1. The number of amides is 1. The maximum Gasteiger partial charge on any atom is 0.267 e. The molecule has 0 saturated heterocycles. The fourth-order valence-electron chi connectivity index (χ4n) is 5.84. The summed E-state index contributed by atoms with van der Waals surface area (Å²) in [6, 6.07) is -1.07. The van der Waals surface area contributed by atoms with Crippen molar-refractivity contribution in [3.8, 4) is 0 Å². The Kier molecular flexibility index (Phi) is 33.4. The number of carbonyl (C=O) groups excluding carboxylic acids is 1. The Labute approximate surface area is 291 Å². The predicted octanol–water partition coefficient (Wildman–Crippen LogP) is 11.4. The van der Waals surface area contributed by atoms with Gasteiger partial charge in [0.15, 0.2) is 0 Å². The summed E-state index contributed by atoms with van der Waals surface area (Å²) >= 11 is 0. The molecule has 1 amide bonds. The summed E-state index contributed by atoms with van der Waals surface area (Å²) in [7, 11) is -4.35. The van der Waals surface area contributed by atoms with Crippen molar-refractivity contribution in [2.24, 2.45) is 0 Å². The number of hydrogen-bond donors (Lipinski definition) is 3. The molecule has 0 rings (SSSR count). The third-order valence-electron chi connectivity index (χ3n) is 8.78. The first-order chi connectivity index (χ1) is 22.8. The predicted molar refractivity (Wildman–Crippen MR) is 202 cm³/mol. The van der Waals surface area contributed by atoms with E-state index >= 15 is 0 Å². The van der Waals surface area contributed by atoms with Gasteiger partial charge in [0.2, 0.25) is 5.91 Å². The highest BCUT2D eigenvalue weighted by Crippen LogP contribution is 2.15. The molecule has 0 aliphatic heterocycles. The summed E-state index contributed by atoms with van der Waals surface area (Å²) in [4.78, 5) is 12.5. The molecular weight excluding hydrogens is 607 g/mol. The normalized spacial score (nSPS) is 13.7. The van der Waals surface area contributed by atoms with E-state index in [1.54, 1.807) is 6.08 Å². The van der Waals surface area contributed by atoms with Gasteiger partial charge in [-0.3, -0.25) is 9.35 Å². The van der Waals surface area contributed by atoms with E-state index in [2.05, 4.69) is 43.5 Å². The number of rotatable bonds is 35. The van der Waals surface area contributed by atoms with Gasteiger partial charge in [-0.2, -0.15) is 8.42 Å². The maximum atomic E-state index is 12.5.